The maximum atomic E-state index is 11.5. The van der Waals surface area contributed by atoms with Crippen LogP contribution < -0.4 is 5.69 Å². The summed E-state index contributed by atoms with van der Waals surface area (Å²) >= 11 is 0. The number of aromatic nitrogens is 2. The van der Waals surface area contributed by atoms with E-state index in [1.54, 1.807) is 0 Å². The van der Waals surface area contributed by atoms with Gasteiger partial charge in [0.2, 0.25) is 0 Å². The molecule has 0 bridgehead atoms. The Labute approximate surface area is 96.9 Å². The van der Waals surface area contributed by atoms with E-state index in [1.165, 1.54) is 25.4 Å². The number of hydrogen-bond donors (Lipinski definition) is 3. The fraction of sp³-hybridized carbons (Fsp3) is 0.600. The van der Waals surface area contributed by atoms with Gasteiger partial charge in [-0.25, -0.2) is 9.78 Å². The van der Waals surface area contributed by atoms with E-state index in [9.17, 15) is 15.0 Å². The highest BCUT2D eigenvalue weighted by Crippen LogP contribution is 2.35. The molecule has 3 N–H and O–H groups in total. The van der Waals surface area contributed by atoms with Gasteiger partial charge >= 0.3 is 5.69 Å². The van der Waals surface area contributed by atoms with Gasteiger partial charge < -0.3 is 20.1 Å². The van der Waals surface area contributed by atoms with Crippen molar-refractivity contribution in [3.05, 3.63) is 28.9 Å². The fourth-order valence-corrected chi connectivity index (χ4v) is 1.85. The minimum absolute atomic E-state index is 0.462. The first-order chi connectivity index (χ1) is 7.99. The van der Waals surface area contributed by atoms with E-state index in [1.807, 2.05) is 0 Å². The largest absolute Gasteiger partial charge is 0.393 e. The summed E-state index contributed by atoms with van der Waals surface area (Å²) in [5, 5.41) is 28.7. The second-order valence-corrected chi connectivity index (χ2v) is 4.22. The zero-order chi connectivity index (χ0) is 12.6. The number of nitrogens with zero attached hydrogens (tertiary/aromatic N) is 2. The van der Waals surface area contributed by atoms with Crippen LogP contribution in [-0.2, 0) is 4.74 Å². The molecule has 94 valence electrons. The topological polar surface area (TPSA) is 105 Å². The number of rotatable bonds is 2. The van der Waals surface area contributed by atoms with Crippen molar-refractivity contribution in [2.45, 2.75) is 31.0 Å². The highest BCUT2D eigenvalue weighted by molar-refractivity contribution is 4.99. The van der Waals surface area contributed by atoms with E-state index >= 15 is 0 Å². The lowest BCUT2D eigenvalue weighted by molar-refractivity contribution is -0.117. The second kappa shape index (κ2) is 4.19. The van der Waals surface area contributed by atoms with Crippen LogP contribution in [-0.4, -0.2) is 49.3 Å². The lowest BCUT2D eigenvalue weighted by Gasteiger charge is -2.24. The predicted octanol–water partition coefficient (Wildman–Crippen LogP) is -1.76. The van der Waals surface area contributed by atoms with Crippen LogP contribution in [0.3, 0.4) is 0 Å². The van der Waals surface area contributed by atoms with Crippen molar-refractivity contribution in [1.29, 1.82) is 0 Å². The molecule has 1 aromatic rings. The SMILES string of the molecule is C[C@]1(CO)O[C@@H](n2cccnc2=O)[C@H](O)[C@@H]1O. The van der Waals surface area contributed by atoms with Crippen LogP contribution in [0.5, 0.6) is 0 Å². The molecule has 0 amide bonds. The monoisotopic (exact) mass is 242 g/mol. The second-order valence-electron chi connectivity index (χ2n) is 4.22. The summed E-state index contributed by atoms with van der Waals surface area (Å²) in [4.78, 5) is 15.0. The van der Waals surface area contributed by atoms with Crippen molar-refractivity contribution in [3.8, 4) is 0 Å². The highest BCUT2D eigenvalue weighted by Gasteiger charge is 2.51. The van der Waals surface area contributed by atoms with Gasteiger partial charge in [-0.3, -0.25) is 4.57 Å². The molecule has 1 saturated heterocycles. The Morgan fingerprint density at radius 1 is 1.59 bits per heavy atom. The fourth-order valence-electron chi connectivity index (χ4n) is 1.85. The van der Waals surface area contributed by atoms with Crippen molar-refractivity contribution < 1.29 is 20.1 Å². The third-order valence-corrected chi connectivity index (χ3v) is 2.96. The molecule has 2 rings (SSSR count). The molecule has 0 radical (unpaired) electrons. The standard InChI is InChI=1S/C10H14N2O5/c1-10(5-13)7(15)6(14)8(17-10)12-4-2-3-11-9(12)16/h2-4,6-8,13-15H,5H2,1H3/t6-,7+,8-,10-/m1/s1. The van der Waals surface area contributed by atoms with Gasteiger partial charge in [-0.05, 0) is 13.0 Å². The number of hydrogen-bond acceptors (Lipinski definition) is 6. The number of aliphatic hydroxyl groups excluding tert-OH is 3. The van der Waals surface area contributed by atoms with E-state index in [2.05, 4.69) is 4.98 Å². The summed E-state index contributed by atoms with van der Waals surface area (Å²) in [7, 11) is 0. The van der Waals surface area contributed by atoms with Crippen molar-refractivity contribution in [2.24, 2.45) is 0 Å². The molecule has 1 aromatic heterocycles. The Bertz CT molecular complexity index is 462. The number of ether oxygens (including phenoxy) is 1. The lowest BCUT2D eigenvalue weighted by atomic mass is 9.99. The summed E-state index contributed by atoms with van der Waals surface area (Å²) in [6.45, 7) is 0.999. The van der Waals surface area contributed by atoms with Gasteiger partial charge in [0, 0.05) is 12.4 Å². The molecule has 1 aliphatic rings. The summed E-state index contributed by atoms with van der Waals surface area (Å²) in [6.07, 6.45) is -0.900. The molecule has 1 fully saturated rings. The van der Waals surface area contributed by atoms with Crippen LogP contribution in [0.25, 0.3) is 0 Å². The number of aliphatic hydroxyl groups is 3. The molecule has 0 aliphatic carbocycles. The molecule has 0 spiro atoms. The van der Waals surface area contributed by atoms with Gasteiger partial charge in [-0.15, -0.1) is 0 Å². The molecule has 0 aromatic carbocycles. The van der Waals surface area contributed by atoms with Crippen LogP contribution in [0.15, 0.2) is 23.3 Å². The molecule has 17 heavy (non-hydrogen) atoms. The Morgan fingerprint density at radius 3 is 2.82 bits per heavy atom. The molecule has 4 atom stereocenters. The minimum Gasteiger partial charge on any atom is -0.393 e. The smallest absolute Gasteiger partial charge is 0.349 e. The maximum absolute atomic E-state index is 11.5. The molecule has 2 heterocycles. The van der Waals surface area contributed by atoms with E-state index in [0.29, 0.717) is 0 Å². The zero-order valence-corrected chi connectivity index (χ0v) is 9.22. The van der Waals surface area contributed by atoms with E-state index in [0.717, 1.165) is 4.57 Å². The molecule has 1 aliphatic heterocycles. The highest BCUT2D eigenvalue weighted by atomic mass is 16.6. The third-order valence-electron chi connectivity index (χ3n) is 2.96. The third kappa shape index (κ3) is 1.87. The van der Waals surface area contributed by atoms with E-state index in [4.69, 9.17) is 9.84 Å². The Balaban J connectivity index is 2.37. The minimum atomic E-state index is -1.30. The van der Waals surface area contributed by atoms with Gasteiger partial charge in [0.05, 0.1) is 6.61 Å². The molecule has 0 saturated carbocycles. The normalized spacial score (nSPS) is 37.3. The Kier molecular flexibility index (Phi) is 3.00. The van der Waals surface area contributed by atoms with Gasteiger partial charge in [-0.1, -0.05) is 0 Å². The molecule has 7 nitrogen and oxygen atoms in total. The van der Waals surface area contributed by atoms with E-state index < -0.39 is 36.3 Å². The van der Waals surface area contributed by atoms with Crippen molar-refractivity contribution >= 4 is 0 Å². The van der Waals surface area contributed by atoms with Crippen LogP contribution in [0.1, 0.15) is 13.2 Å². The summed E-state index contributed by atoms with van der Waals surface area (Å²) in [6, 6.07) is 1.51. The average molecular weight is 242 g/mol. The van der Waals surface area contributed by atoms with Crippen LogP contribution in [0.4, 0.5) is 0 Å². The maximum Gasteiger partial charge on any atom is 0.349 e. The zero-order valence-electron chi connectivity index (χ0n) is 9.22. The summed E-state index contributed by atoms with van der Waals surface area (Å²) in [5.74, 6) is 0. The molecule has 0 unspecified atom stereocenters. The summed E-state index contributed by atoms with van der Waals surface area (Å²) in [5.41, 5.74) is -1.88. The van der Waals surface area contributed by atoms with Gasteiger partial charge in [0.1, 0.15) is 17.8 Å². The average Bonchev–Trinajstić information content (AvgIpc) is 2.56. The van der Waals surface area contributed by atoms with Gasteiger partial charge in [-0.2, -0.15) is 0 Å². The summed E-state index contributed by atoms with van der Waals surface area (Å²) < 4.78 is 6.44. The molecular weight excluding hydrogens is 228 g/mol. The van der Waals surface area contributed by atoms with Gasteiger partial charge in [0.15, 0.2) is 6.23 Å². The van der Waals surface area contributed by atoms with Gasteiger partial charge in [0.25, 0.3) is 0 Å². The molecule has 7 heteroatoms. The van der Waals surface area contributed by atoms with E-state index in [-0.39, 0.29) is 0 Å². The van der Waals surface area contributed by atoms with Crippen molar-refractivity contribution in [1.82, 2.24) is 9.55 Å². The first kappa shape index (κ1) is 12.2. The predicted molar refractivity (Wildman–Crippen MR) is 56.1 cm³/mol. The first-order valence-corrected chi connectivity index (χ1v) is 5.17. The van der Waals surface area contributed by atoms with Crippen molar-refractivity contribution in [2.75, 3.05) is 6.61 Å². The van der Waals surface area contributed by atoms with Crippen LogP contribution in [0.2, 0.25) is 0 Å². The van der Waals surface area contributed by atoms with Crippen LogP contribution >= 0.6 is 0 Å². The van der Waals surface area contributed by atoms with Crippen LogP contribution in [0, 0.1) is 0 Å². The Morgan fingerprint density at radius 2 is 2.29 bits per heavy atom. The first-order valence-electron chi connectivity index (χ1n) is 5.17. The quantitative estimate of drug-likeness (QED) is 0.567. The Hall–Kier alpha value is -1.28. The lowest BCUT2D eigenvalue weighted by Crippen LogP contribution is -2.43. The van der Waals surface area contributed by atoms with Crippen molar-refractivity contribution in [3.63, 3.8) is 0 Å². The molecular formula is C10H14N2O5.